The lowest BCUT2D eigenvalue weighted by atomic mass is 9.88. The molecule has 0 saturated carbocycles. The molecule has 0 spiro atoms. The van der Waals surface area contributed by atoms with Crippen molar-refractivity contribution in [2.24, 2.45) is 0 Å². The SMILES string of the molecule is Cc1c(C2CCN(S(=O)(=O)c3cccc4ncccc34)CC2)c2cc(F)ccc2n1CC(=O)O. The van der Waals surface area contributed by atoms with Gasteiger partial charge in [-0.1, -0.05) is 6.07 Å². The van der Waals surface area contributed by atoms with Crippen molar-refractivity contribution in [2.45, 2.75) is 37.1 Å². The van der Waals surface area contributed by atoms with E-state index in [9.17, 15) is 22.7 Å². The molecular formula is C25H24FN3O4S. The van der Waals surface area contributed by atoms with E-state index in [2.05, 4.69) is 4.98 Å². The molecule has 9 heteroatoms. The molecule has 34 heavy (non-hydrogen) atoms. The molecule has 4 aromatic rings. The van der Waals surface area contributed by atoms with E-state index in [1.54, 1.807) is 47.2 Å². The second-order valence-corrected chi connectivity index (χ2v) is 10.6. The van der Waals surface area contributed by atoms with Crippen molar-refractivity contribution in [1.29, 1.82) is 0 Å². The lowest BCUT2D eigenvalue weighted by Crippen LogP contribution is -2.38. The number of rotatable bonds is 5. The predicted octanol–water partition coefficient (Wildman–Crippen LogP) is 4.29. The van der Waals surface area contributed by atoms with Crippen LogP contribution in [0.1, 0.15) is 30.0 Å². The number of hydrogen-bond donors (Lipinski definition) is 1. The first-order valence-electron chi connectivity index (χ1n) is 11.1. The molecular weight excluding hydrogens is 457 g/mol. The van der Waals surface area contributed by atoms with Gasteiger partial charge in [0.05, 0.1) is 10.4 Å². The number of carboxylic acids is 1. The summed E-state index contributed by atoms with van der Waals surface area (Å²) in [5.41, 5.74) is 2.99. The second kappa shape index (κ2) is 8.48. The molecule has 1 N–H and O–H groups in total. The summed E-state index contributed by atoms with van der Waals surface area (Å²) in [4.78, 5) is 15.9. The fraction of sp³-hybridized carbons (Fsp3) is 0.280. The quantitative estimate of drug-likeness (QED) is 0.459. The molecule has 0 unspecified atom stereocenters. The third kappa shape index (κ3) is 3.74. The van der Waals surface area contributed by atoms with Gasteiger partial charge >= 0.3 is 5.97 Å². The number of aliphatic carboxylic acids is 1. The fourth-order valence-electron chi connectivity index (χ4n) is 5.16. The van der Waals surface area contributed by atoms with Crippen LogP contribution in [-0.2, 0) is 21.4 Å². The standard InChI is InChI=1S/C25H24FN3O4S/c1-16-25(20-14-18(26)7-8-22(20)29(16)15-24(30)31)17-9-12-28(13-10-17)34(32,33)23-6-2-5-21-19(23)4-3-11-27-21/h2-8,11,14,17H,9-10,12-13,15H2,1H3,(H,30,31). The molecule has 0 aliphatic carbocycles. The molecule has 7 nitrogen and oxygen atoms in total. The van der Waals surface area contributed by atoms with E-state index in [4.69, 9.17) is 0 Å². The third-order valence-corrected chi connectivity index (χ3v) is 8.67. The minimum atomic E-state index is -3.71. The summed E-state index contributed by atoms with van der Waals surface area (Å²) in [5.74, 6) is -1.35. The summed E-state index contributed by atoms with van der Waals surface area (Å²) in [6.07, 6.45) is 2.76. The highest BCUT2D eigenvalue weighted by Gasteiger charge is 2.33. The first-order chi connectivity index (χ1) is 16.3. The van der Waals surface area contributed by atoms with Gasteiger partial charge in [-0.25, -0.2) is 12.8 Å². The highest BCUT2D eigenvalue weighted by molar-refractivity contribution is 7.89. The van der Waals surface area contributed by atoms with Crippen LogP contribution in [-0.4, -0.2) is 46.4 Å². The average molecular weight is 482 g/mol. The number of piperidine rings is 1. The molecule has 0 amide bonds. The van der Waals surface area contributed by atoms with Crippen molar-refractivity contribution in [3.05, 3.63) is 71.8 Å². The number of benzene rings is 2. The molecule has 1 fully saturated rings. The summed E-state index contributed by atoms with van der Waals surface area (Å²) in [6.45, 7) is 2.28. The van der Waals surface area contributed by atoms with Gasteiger partial charge in [-0.15, -0.1) is 0 Å². The number of aromatic nitrogens is 2. The summed E-state index contributed by atoms with van der Waals surface area (Å²) in [5, 5.41) is 10.6. The first-order valence-corrected chi connectivity index (χ1v) is 12.6. The topological polar surface area (TPSA) is 92.5 Å². The van der Waals surface area contributed by atoms with Gasteiger partial charge in [0.2, 0.25) is 10.0 Å². The Morgan fingerprint density at radius 2 is 1.88 bits per heavy atom. The minimum absolute atomic E-state index is 0.0000194. The monoisotopic (exact) mass is 481 g/mol. The zero-order chi connectivity index (χ0) is 24.0. The molecule has 0 radical (unpaired) electrons. The Kier molecular flexibility index (Phi) is 5.61. The Balaban J connectivity index is 1.46. The molecule has 1 aliphatic rings. The van der Waals surface area contributed by atoms with E-state index >= 15 is 0 Å². The van der Waals surface area contributed by atoms with Gasteiger partial charge in [-0.05, 0) is 73.7 Å². The Labute approximate surface area is 196 Å². The fourth-order valence-corrected chi connectivity index (χ4v) is 6.83. The van der Waals surface area contributed by atoms with Gasteiger partial charge in [-0.3, -0.25) is 9.78 Å². The smallest absolute Gasteiger partial charge is 0.323 e. The van der Waals surface area contributed by atoms with E-state index in [1.165, 1.54) is 16.4 Å². The Morgan fingerprint density at radius 1 is 1.12 bits per heavy atom. The van der Waals surface area contributed by atoms with Crippen LogP contribution in [0.4, 0.5) is 4.39 Å². The first kappa shape index (κ1) is 22.5. The highest BCUT2D eigenvalue weighted by atomic mass is 32.2. The van der Waals surface area contributed by atoms with Crippen molar-refractivity contribution >= 4 is 37.8 Å². The number of sulfonamides is 1. The Bertz CT molecular complexity index is 1520. The number of halogens is 1. The van der Waals surface area contributed by atoms with E-state index in [0.29, 0.717) is 47.7 Å². The number of pyridine rings is 1. The molecule has 0 bridgehead atoms. The minimum Gasteiger partial charge on any atom is -0.480 e. The Hall–Kier alpha value is -3.30. The summed E-state index contributed by atoms with van der Waals surface area (Å²) >= 11 is 0. The van der Waals surface area contributed by atoms with Crippen LogP contribution >= 0.6 is 0 Å². The molecule has 1 aliphatic heterocycles. The normalized spacial score (nSPS) is 15.8. The van der Waals surface area contributed by atoms with Crippen molar-refractivity contribution in [3.63, 3.8) is 0 Å². The summed E-state index contributed by atoms with van der Waals surface area (Å²) < 4.78 is 44.2. The van der Waals surface area contributed by atoms with Crippen molar-refractivity contribution in [1.82, 2.24) is 13.9 Å². The molecule has 5 rings (SSSR count). The molecule has 3 heterocycles. The zero-order valence-corrected chi connectivity index (χ0v) is 19.4. The van der Waals surface area contributed by atoms with Gasteiger partial charge in [0.25, 0.3) is 0 Å². The second-order valence-electron chi connectivity index (χ2n) is 8.65. The van der Waals surface area contributed by atoms with Gasteiger partial charge in [-0.2, -0.15) is 4.31 Å². The van der Waals surface area contributed by atoms with Crippen LogP contribution in [0.2, 0.25) is 0 Å². The van der Waals surface area contributed by atoms with Crippen LogP contribution in [0.3, 0.4) is 0 Å². The number of nitrogens with zero attached hydrogens (tertiary/aromatic N) is 3. The Morgan fingerprint density at radius 3 is 2.62 bits per heavy atom. The van der Waals surface area contributed by atoms with Gasteiger partial charge in [0.1, 0.15) is 12.4 Å². The van der Waals surface area contributed by atoms with Gasteiger partial charge < -0.3 is 9.67 Å². The van der Waals surface area contributed by atoms with Crippen molar-refractivity contribution in [3.8, 4) is 0 Å². The lowest BCUT2D eigenvalue weighted by molar-refractivity contribution is -0.137. The number of carbonyl (C=O) groups is 1. The summed E-state index contributed by atoms with van der Waals surface area (Å²) in [7, 11) is -3.71. The van der Waals surface area contributed by atoms with Crippen LogP contribution in [0.25, 0.3) is 21.8 Å². The maximum Gasteiger partial charge on any atom is 0.323 e. The summed E-state index contributed by atoms with van der Waals surface area (Å²) in [6, 6.07) is 13.0. The number of fused-ring (bicyclic) bond motifs is 2. The van der Waals surface area contributed by atoms with Crippen LogP contribution in [0, 0.1) is 12.7 Å². The third-order valence-electron chi connectivity index (χ3n) is 6.71. The maximum atomic E-state index is 14.1. The number of carboxylic acid groups (broad SMARTS) is 1. The maximum absolute atomic E-state index is 14.1. The predicted molar refractivity (Wildman–Crippen MR) is 127 cm³/mol. The average Bonchev–Trinajstić information content (AvgIpc) is 3.08. The molecule has 1 saturated heterocycles. The molecule has 176 valence electrons. The van der Waals surface area contributed by atoms with Crippen molar-refractivity contribution < 1.29 is 22.7 Å². The molecule has 2 aromatic heterocycles. The van der Waals surface area contributed by atoms with E-state index in [-0.39, 0.29) is 23.2 Å². The van der Waals surface area contributed by atoms with E-state index < -0.39 is 16.0 Å². The molecule has 2 aromatic carbocycles. The van der Waals surface area contributed by atoms with Crippen LogP contribution in [0.5, 0.6) is 0 Å². The zero-order valence-electron chi connectivity index (χ0n) is 18.6. The van der Waals surface area contributed by atoms with Gasteiger partial charge in [0, 0.05) is 41.3 Å². The van der Waals surface area contributed by atoms with E-state index in [0.717, 1.165) is 11.3 Å². The highest BCUT2D eigenvalue weighted by Crippen LogP contribution is 2.39. The van der Waals surface area contributed by atoms with Crippen LogP contribution < -0.4 is 0 Å². The van der Waals surface area contributed by atoms with Crippen molar-refractivity contribution in [2.75, 3.05) is 13.1 Å². The molecule has 0 atom stereocenters. The lowest BCUT2D eigenvalue weighted by Gasteiger charge is -2.32. The largest absolute Gasteiger partial charge is 0.480 e. The number of hydrogen-bond acceptors (Lipinski definition) is 4. The van der Waals surface area contributed by atoms with E-state index in [1.807, 2.05) is 6.92 Å². The van der Waals surface area contributed by atoms with Crippen LogP contribution in [0.15, 0.2) is 59.6 Å². The van der Waals surface area contributed by atoms with Gasteiger partial charge in [0.15, 0.2) is 0 Å².